The van der Waals surface area contributed by atoms with Crippen molar-refractivity contribution < 1.29 is 23.9 Å². The number of esters is 1. The van der Waals surface area contributed by atoms with E-state index < -0.39 is 29.2 Å². The van der Waals surface area contributed by atoms with E-state index in [-0.39, 0.29) is 18.6 Å². The van der Waals surface area contributed by atoms with Crippen LogP contribution < -0.4 is 4.90 Å². The number of rotatable bonds is 2. The summed E-state index contributed by atoms with van der Waals surface area (Å²) in [4.78, 5) is 50.5. The maximum absolute atomic E-state index is 13.1. The minimum Gasteiger partial charge on any atom is -0.464 e. The van der Waals surface area contributed by atoms with Crippen LogP contribution in [0.25, 0.3) is 0 Å². The van der Waals surface area contributed by atoms with Crippen molar-refractivity contribution in [3.8, 4) is 0 Å². The van der Waals surface area contributed by atoms with Gasteiger partial charge in [0.15, 0.2) is 5.54 Å². The van der Waals surface area contributed by atoms with Crippen molar-refractivity contribution in [1.29, 1.82) is 0 Å². The lowest BCUT2D eigenvalue weighted by Crippen LogP contribution is -2.51. The highest BCUT2D eigenvalue weighted by molar-refractivity contribution is 9.10. The van der Waals surface area contributed by atoms with E-state index in [4.69, 9.17) is 0 Å². The number of halogens is 1. The van der Waals surface area contributed by atoms with Gasteiger partial charge in [-0.2, -0.15) is 5.10 Å². The molecule has 0 radical (unpaired) electrons. The average molecular weight is 408 g/mol. The molecule has 1 aromatic rings. The molecule has 3 amide bonds. The topological polar surface area (TPSA) is 96.3 Å². The summed E-state index contributed by atoms with van der Waals surface area (Å²) in [5.41, 5.74) is -1.19. The van der Waals surface area contributed by atoms with E-state index in [2.05, 4.69) is 25.8 Å². The molecule has 1 spiro atoms. The number of methoxy groups -OCH3 is 1. The lowest BCUT2D eigenvalue weighted by molar-refractivity contribution is -0.141. The lowest BCUT2D eigenvalue weighted by Gasteiger charge is -2.28. The van der Waals surface area contributed by atoms with Crippen molar-refractivity contribution in [1.82, 2.24) is 5.01 Å². The van der Waals surface area contributed by atoms with Crippen LogP contribution in [0.5, 0.6) is 0 Å². The van der Waals surface area contributed by atoms with E-state index in [1.54, 1.807) is 24.3 Å². The molecule has 3 rings (SSSR count). The average Bonchev–Trinajstić information content (AvgIpc) is 3.06. The highest BCUT2D eigenvalue weighted by atomic mass is 79.9. The first-order chi connectivity index (χ1) is 11.8. The molecular weight excluding hydrogens is 394 g/mol. The van der Waals surface area contributed by atoms with Crippen LogP contribution in [-0.2, 0) is 23.9 Å². The molecule has 1 aromatic carbocycles. The van der Waals surface area contributed by atoms with E-state index in [9.17, 15) is 19.2 Å². The summed E-state index contributed by atoms with van der Waals surface area (Å²) in [5, 5.41) is 4.87. The van der Waals surface area contributed by atoms with Crippen LogP contribution in [-0.4, -0.2) is 47.1 Å². The van der Waals surface area contributed by atoms with Gasteiger partial charge in [0.2, 0.25) is 11.8 Å². The zero-order valence-corrected chi connectivity index (χ0v) is 15.1. The van der Waals surface area contributed by atoms with Crippen LogP contribution in [0.15, 0.2) is 33.8 Å². The number of nitrogens with zero attached hydrogens (tertiary/aromatic N) is 3. The number of ether oxygens (including phenoxy) is 1. The normalized spacial score (nSPS) is 22.6. The number of benzene rings is 1. The molecule has 8 nitrogen and oxygen atoms in total. The second-order valence-electron chi connectivity index (χ2n) is 5.77. The van der Waals surface area contributed by atoms with Gasteiger partial charge in [0.25, 0.3) is 5.91 Å². The molecule has 25 heavy (non-hydrogen) atoms. The highest BCUT2D eigenvalue weighted by Crippen LogP contribution is 2.40. The summed E-state index contributed by atoms with van der Waals surface area (Å²) in [5.74, 6) is -2.32. The first kappa shape index (κ1) is 17.3. The predicted octanol–water partition coefficient (Wildman–Crippen LogP) is 1.23. The number of carbonyl (C=O) groups is 4. The third-order valence-electron chi connectivity index (χ3n) is 4.17. The van der Waals surface area contributed by atoms with Crippen molar-refractivity contribution in [3.63, 3.8) is 0 Å². The number of hydrogen-bond donors (Lipinski definition) is 0. The smallest absolute Gasteiger partial charge is 0.354 e. The number of anilines is 1. The Labute approximate surface area is 151 Å². The maximum Gasteiger partial charge on any atom is 0.354 e. The van der Waals surface area contributed by atoms with E-state index in [1.807, 2.05) is 0 Å². The Morgan fingerprint density at radius 2 is 2.00 bits per heavy atom. The van der Waals surface area contributed by atoms with Crippen LogP contribution in [0.3, 0.4) is 0 Å². The first-order valence-electron chi connectivity index (χ1n) is 7.40. The monoisotopic (exact) mass is 407 g/mol. The maximum atomic E-state index is 13.1. The van der Waals surface area contributed by atoms with E-state index in [0.29, 0.717) is 10.2 Å². The second-order valence-corrected chi connectivity index (χ2v) is 6.68. The van der Waals surface area contributed by atoms with Gasteiger partial charge >= 0.3 is 5.97 Å². The SMILES string of the molecule is COC(=O)C1=NN(C(C)=O)C2(CC(=O)N(c3cccc(Br)c3)C2=O)C1. The van der Waals surface area contributed by atoms with Crippen molar-refractivity contribution in [2.24, 2.45) is 5.10 Å². The van der Waals surface area contributed by atoms with Crippen molar-refractivity contribution >= 4 is 51.0 Å². The molecule has 0 bridgehead atoms. The third kappa shape index (κ3) is 2.64. The van der Waals surface area contributed by atoms with Crippen molar-refractivity contribution in [2.45, 2.75) is 25.3 Å². The van der Waals surface area contributed by atoms with E-state index in [1.165, 1.54) is 14.0 Å². The lowest BCUT2D eigenvalue weighted by atomic mass is 9.91. The van der Waals surface area contributed by atoms with Crippen LogP contribution in [0, 0.1) is 0 Å². The molecule has 1 fully saturated rings. The predicted molar refractivity (Wildman–Crippen MR) is 90.6 cm³/mol. The third-order valence-corrected chi connectivity index (χ3v) is 4.66. The Balaban J connectivity index is 2.03. The van der Waals surface area contributed by atoms with Gasteiger partial charge in [0.05, 0.1) is 19.2 Å². The molecule has 1 atom stereocenters. The number of carbonyl (C=O) groups excluding carboxylic acids is 4. The molecule has 0 aliphatic carbocycles. The van der Waals surface area contributed by atoms with E-state index >= 15 is 0 Å². The molecule has 130 valence electrons. The van der Waals surface area contributed by atoms with Gasteiger partial charge in [-0.25, -0.2) is 14.7 Å². The Morgan fingerprint density at radius 3 is 2.60 bits per heavy atom. The zero-order valence-electron chi connectivity index (χ0n) is 13.5. The highest BCUT2D eigenvalue weighted by Gasteiger charge is 2.61. The van der Waals surface area contributed by atoms with Crippen LogP contribution in [0.1, 0.15) is 19.8 Å². The fourth-order valence-corrected chi connectivity index (χ4v) is 3.50. The minimum absolute atomic E-state index is 0.0602. The largest absolute Gasteiger partial charge is 0.464 e. The minimum atomic E-state index is -1.52. The van der Waals surface area contributed by atoms with Gasteiger partial charge in [-0.1, -0.05) is 22.0 Å². The van der Waals surface area contributed by atoms with Gasteiger partial charge in [0, 0.05) is 17.8 Å². The number of hydrogen-bond acceptors (Lipinski definition) is 6. The Bertz CT molecular complexity index is 837. The van der Waals surface area contributed by atoms with Crippen LogP contribution in [0.2, 0.25) is 0 Å². The van der Waals surface area contributed by atoms with E-state index in [0.717, 1.165) is 9.91 Å². The summed E-state index contributed by atoms with van der Waals surface area (Å²) in [6.45, 7) is 1.23. The number of hydrazone groups is 1. The van der Waals surface area contributed by atoms with Crippen LogP contribution in [0.4, 0.5) is 5.69 Å². The van der Waals surface area contributed by atoms with Gasteiger partial charge in [-0.05, 0) is 18.2 Å². The fourth-order valence-electron chi connectivity index (χ4n) is 3.11. The molecule has 2 aliphatic rings. The summed E-state index contributed by atoms with van der Waals surface area (Å²) >= 11 is 3.30. The molecule has 2 heterocycles. The first-order valence-corrected chi connectivity index (χ1v) is 8.19. The molecule has 0 saturated carbocycles. The molecule has 2 aliphatic heterocycles. The quantitative estimate of drug-likeness (QED) is 0.542. The van der Waals surface area contributed by atoms with Gasteiger partial charge < -0.3 is 4.74 Å². The molecular formula is C16H14BrN3O5. The fraction of sp³-hybridized carbons (Fsp3) is 0.312. The van der Waals surface area contributed by atoms with Crippen LogP contribution >= 0.6 is 15.9 Å². The molecule has 1 saturated heterocycles. The second kappa shape index (κ2) is 6.07. The molecule has 9 heteroatoms. The Morgan fingerprint density at radius 1 is 1.28 bits per heavy atom. The van der Waals surface area contributed by atoms with Gasteiger partial charge in [-0.3, -0.25) is 14.4 Å². The van der Waals surface area contributed by atoms with Gasteiger partial charge in [-0.15, -0.1) is 0 Å². The molecule has 1 unspecified atom stereocenters. The summed E-state index contributed by atoms with van der Waals surface area (Å²) in [6.07, 6.45) is -0.406. The zero-order chi connectivity index (χ0) is 18.4. The Kier molecular flexibility index (Phi) is 4.19. The van der Waals surface area contributed by atoms with Crippen molar-refractivity contribution in [3.05, 3.63) is 28.7 Å². The molecule has 0 N–H and O–H groups in total. The number of amides is 3. The summed E-state index contributed by atoms with van der Waals surface area (Å²) in [6, 6.07) is 6.71. The standard InChI is InChI=1S/C16H14BrN3O5/c1-9(21)20-16(7-12(18-20)14(23)25-2)8-13(22)19(15(16)24)11-5-3-4-10(17)6-11/h3-6H,7-8H2,1-2H3. The summed E-state index contributed by atoms with van der Waals surface area (Å²) in [7, 11) is 1.18. The molecule has 0 aromatic heterocycles. The van der Waals surface area contributed by atoms with Crippen molar-refractivity contribution in [2.75, 3.05) is 12.0 Å². The van der Waals surface area contributed by atoms with Gasteiger partial charge in [0.1, 0.15) is 5.71 Å². The summed E-state index contributed by atoms with van der Waals surface area (Å²) < 4.78 is 5.33. The Hall–Kier alpha value is -2.55. The number of imide groups is 1.